The fourth-order valence-corrected chi connectivity index (χ4v) is 5.64. The van der Waals surface area contributed by atoms with E-state index in [4.69, 9.17) is 23.2 Å². The van der Waals surface area contributed by atoms with Crippen molar-refractivity contribution in [1.82, 2.24) is 5.32 Å². The lowest BCUT2D eigenvalue weighted by Crippen LogP contribution is -2.38. The summed E-state index contributed by atoms with van der Waals surface area (Å²) in [4.78, 5) is 12.8. The van der Waals surface area contributed by atoms with Crippen LogP contribution in [0.1, 0.15) is 36.0 Å². The molecule has 2 aliphatic rings. The number of amides is 1. The van der Waals surface area contributed by atoms with Gasteiger partial charge in [-0.25, -0.2) is 8.42 Å². The summed E-state index contributed by atoms with van der Waals surface area (Å²) < 4.78 is 27.6. The highest BCUT2D eigenvalue weighted by Crippen LogP contribution is 2.44. The van der Waals surface area contributed by atoms with E-state index in [1.807, 2.05) is 0 Å². The van der Waals surface area contributed by atoms with Gasteiger partial charge in [0.25, 0.3) is 15.9 Å². The molecule has 0 saturated heterocycles. The van der Waals surface area contributed by atoms with Crippen LogP contribution in [0.5, 0.6) is 0 Å². The predicted octanol–water partition coefficient (Wildman–Crippen LogP) is 4.71. The van der Waals surface area contributed by atoms with Crippen molar-refractivity contribution in [3.63, 3.8) is 0 Å². The number of sulfonamides is 1. The average Bonchev–Trinajstić information content (AvgIpc) is 3.26. The van der Waals surface area contributed by atoms with Gasteiger partial charge in [-0.1, -0.05) is 29.6 Å². The average molecular weight is 439 g/mol. The molecular weight excluding hydrogens is 419 g/mol. The van der Waals surface area contributed by atoms with Gasteiger partial charge < -0.3 is 5.32 Å². The third-order valence-electron chi connectivity index (χ3n) is 5.64. The lowest BCUT2D eigenvalue weighted by atomic mass is 9.95. The summed E-state index contributed by atoms with van der Waals surface area (Å²) in [5.74, 6) is 0.984. The summed E-state index contributed by atoms with van der Waals surface area (Å²) in [5.41, 5.74) is 0.540. The number of hydrogen-bond donors (Lipinski definition) is 2. The molecule has 8 heteroatoms. The Kier molecular flexibility index (Phi) is 5.29. The van der Waals surface area contributed by atoms with E-state index in [1.165, 1.54) is 55.3 Å². The van der Waals surface area contributed by atoms with E-state index in [1.54, 1.807) is 0 Å². The van der Waals surface area contributed by atoms with Crippen molar-refractivity contribution in [2.24, 2.45) is 11.8 Å². The fourth-order valence-electron chi connectivity index (χ4n) is 4.26. The second kappa shape index (κ2) is 7.58. The third-order valence-corrected chi connectivity index (χ3v) is 7.62. The maximum absolute atomic E-state index is 12.7. The molecule has 0 spiro atoms. The van der Waals surface area contributed by atoms with Gasteiger partial charge in [0.1, 0.15) is 0 Å². The Morgan fingerprint density at radius 3 is 2.39 bits per heavy atom. The molecule has 0 aliphatic heterocycles. The SMILES string of the molecule is O=C(N[C@@H]1CC2CCC1C2)c1cc(NS(=O)(=O)c2ccc(Cl)cc2)ccc1Cl. The zero-order chi connectivity index (χ0) is 19.9. The molecule has 148 valence electrons. The molecule has 2 saturated carbocycles. The van der Waals surface area contributed by atoms with E-state index in [2.05, 4.69) is 10.0 Å². The first-order valence-electron chi connectivity index (χ1n) is 9.20. The van der Waals surface area contributed by atoms with Crippen molar-refractivity contribution in [1.29, 1.82) is 0 Å². The molecule has 28 heavy (non-hydrogen) atoms. The molecule has 0 heterocycles. The molecule has 2 bridgehead atoms. The number of nitrogens with one attached hydrogen (secondary N) is 2. The largest absolute Gasteiger partial charge is 0.349 e. The minimum Gasteiger partial charge on any atom is -0.349 e. The lowest BCUT2D eigenvalue weighted by Gasteiger charge is -2.23. The molecule has 0 radical (unpaired) electrons. The first-order valence-corrected chi connectivity index (χ1v) is 11.4. The Bertz CT molecular complexity index is 1010. The van der Waals surface area contributed by atoms with Gasteiger partial charge in [0, 0.05) is 16.8 Å². The topological polar surface area (TPSA) is 75.3 Å². The number of fused-ring (bicyclic) bond motifs is 2. The number of benzene rings is 2. The molecule has 2 aliphatic carbocycles. The molecular formula is C20H20Cl2N2O3S. The van der Waals surface area contributed by atoms with E-state index >= 15 is 0 Å². The molecule has 0 aromatic heterocycles. The summed E-state index contributed by atoms with van der Waals surface area (Å²) in [7, 11) is -3.80. The van der Waals surface area contributed by atoms with Gasteiger partial charge in [0.05, 0.1) is 15.5 Å². The van der Waals surface area contributed by atoms with Crippen molar-refractivity contribution in [3.05, 3.63) is 58.1 Å². The number of carbonyl (C=O) groups excluding carboxylic acids is 1. The number of carbonyl (C=O) groups is 1. The highest BCUT2D eigenvalue weighted by Gasteiger charge is 2.40. The molecule has 2 N–H and O–H groups in total. The van der Waals surface area contributed by atoms with Crippen LogP contribution < -0.4 is 10.0 Å². The van der Waals surface area contributed by atoms with E-state index in [9.17, 15) is 13.2 Å². The van der Waals surface area contributed by atoms with Crippen LogP contribution in [-0.2, 0) is 10.0 Å². The Hall–Kier alpha value is -1.76. The van der Waals surface area contributed by atoms with Gasteiger partial charge in [0.15, 0.2) is 0 Å². The van der Waals surface area contributed by atoms with Crippen LogP contribution in [-0.4, -0.2) is 20.4 Å². The van der Waals surface area contributed by atoms with Crippen LogP contribution in [0.4, 0.5) is 5.69 Å². The molecule has 3 atom stereocenters. The molecule has 2 aromatic carbocycles. The third kappa shape index (κ3) is 4.00. The quantitative estimate of drug-likeness (QED) is 0.709. The molecule has 1 amide bonds. The minimum atomic E-state index is -3.80. The van der Waals surface area contributed by atoms with Gasteiger partial charge in [-0.05, 0) is 73.6 Å². The Labute approximate surface area is 174 Å². The summed E-state index contributed by atoms with van der Waals surface area (Å²) in [6.07, 6.45) is 4.60. The van der Waals surface area contributed by atoms with Crippen molar-refractivity contribution in [2.45, 2.75) is 36.6 Å². The van der Waals surface area contributed by atoms with Crippen molar-refractivity contribution in [3.8, 4) is 0 Å². The number of halogens is 2. The molecule has 4 rings (SSSR count). The molecule has 2 aromatic rings. The van der Waals surface area contributed by atoms with Crippen LogP contribution >= 0.6 is 23.2 Å². The number of hydrogen-bond acceptors (Lipinski definition) is 3. The monoisotopic (exact) mass is 438 g/mol. The molecule has 5 nitrogen and oxygen atoms in total. The standard InChI is InChI=1S/C20H20Cl2N2O3S/c21-14-3-6-16(7-4-14)28(26,27)24-15-5-8-18(22)17(11-15)20(25)23-19-10-12-1-2-13(19)9-12/h3-8,11-13,19,24H,1-2,9-10H2,(H,23,25)/t12?,13?,19-/m1/s1. The predicted molar refractivity (Wildman–Crippen MR) is 110 cm³/mol. The van der Waals surface area contributed by atoms with Gasteiger partial charge in [-0.2, -0.15) is 0 Å². The number of rotatable bonds is 5. The van der Waals surface area contributed by atoms with Gasteiger partial charge in [-0.3, -0.25) is 9.52 Å². The van der Waals surface area contributed by atoms with E-state index in [-0.39, 0.29) is 33.1 Å². The Morgan fingerprint density at radius 2 is 1.75 bits per heavy atom. The first kappa shape index (κ1) is 19.6. The van der Waals surface area contributed by atoms with E-state index < -0.39 is 10.0 Å². The Balaban J connectivity index is 1.52. The van der Waals surface area contributed by atoms with Crippen LogP contribution in [0, 0.1) is 11.8 Å². The molecule has 2 unspecified atom stereocenters. The molecule has 2 fully saturated rings. The summed E-state index contributed by atoms with van der Waals surface area (Å²) in [6.45, 7) is 0. The van der Waals surface area contributed by atoms with Gasteiger partial charge in [0.2, 0.25) is 0 Å². The van der Waals surface area contributed by atoms with E-state index in [0.717, 1.165) is 12.8 Å². The van der Waals surface area contributed by atoms with E-state index in [0.29, 0.717) is 16.9 Å². The Morgan fingerprint density at radius 1 is 1.00 bits per heavy atom. The minimum absolute atomic E-state index is 0.0832. The van der Waals surface area contributed by atoms with Gasteiger partial charge >= 0.3 is 0 Å². The summed E-state index contributed by atoms with van der Waals surface area (Å²) >= 11 is 12.0. The normalized spacial score (nSPS) is 23.6. The van der Waals surface area contributed by atoms with Crippen molar-refractivity contribution in [2.75, 3.05) is 4.72 Å². The zero-order valence-electron chi connectivity index (χ0n) is 15.0. The van der Waals surface area contributed by atoms with Crippen LogP contribution in [0.25, 0.3) is 0 Å². The fraction of sp³-hybridized carbons (Fsp3) is 0.350. The van der Waals surface area contributed by atoms with Crippen LogP contribution in [0.2, 0.25) is 10.0 Å². The maximum Gasteiger partial charge on any atom is 0.261 e. The van der Waals surface area contributed by atoms with Crippen LogP contribution in [0.15, 0.2) is 47.4 Å². The highest BCUT2D eigenvalue weighted by atomic mass is 35.5. The maximum atomic E-state index is 12.7. The van der Waals surface area contributed by atoms with Gasteiger partial charge in [-0.15, -0.1) is 0 Å². The van der Waals surface area contributed by atoms with Crippen molar-refractivity contribution >= 4 is 44.8 Å². The highest BCUT2D eigenvalue weighted by molar-refractivity contribution is 7.92. The summed E-state index contributed by atoms with van der Waals surface area (Å²) in [5, 5.41) is 3.82. The van der Waals surface area contributed by atoms with Crippen molar-refractivity contribution < 1.29 is 13.2 Å². The lowest BCUT2D eigenvalue weighted by molar-refractivity contribution is 0.0923. The number of anilines is 1. The first-order chi connectivity index (χ1) is 13.3. The van der Waals surface area contributed by atoms with Crippen LogP contribution in [0.3, 0.4) is 0 Å². The smallest absolute Gasteiger partial charge is 0.261 e. The summed E-state index contributed by atoms with van der Waals surface area (Å²) in [6, 6.07) is 10.6. The second-order valence-electron chi connectivity index (χ2n) is 7.51. The second-order valence-corrected chi connectivity index (χ2v) is 10.0. The zero-order valence-corrected chi connectivity index (χ0v) is 17.3.